The van der Waals surface area contributed by atoms with Crippen LogP contribution in [0, 0.1) is 6.92 Å². The zero-order chi connectivity index (χ0) is 19.4. The van der Waals surface area contributed by atoms with E-state index in [9.17, 15) is 13.2 Å². The highest BCUT2D eigenvalue weighted by Gasteiger charge is 2.27. The molecule has 1 saturated heterocycles. The molecule has 1 aromatic heterocycles. The van der Waals surface area contributed by atoms with Gasteiger partial charge in [-0.15, -0.1) is 0 Å². The van der Waals surface area contributed by atoms with E-state index in [0.717, 1.165) is 19.3 Å². The van der Waals surface area contributed by atoms with Gasteiger partial charge in [-0.2, -0.15) is 4.31 Å². The maximum Gasteiger partial charge on any atom is 0.261 e. The summed E-state index contributed by atoms with van der Waals surface area (Å²) in [5.74, 6) is -0.201. The van der Waals surface area contributed by atoms with Crippen LogP contribution in [0.5, 0.6) is 5.88 Å². The van der Waals surface area contributed by atoms with Gasteiger partial charge in [0.05, 0.1) is 12.0 Å². The SMILES string of the molecule is COc1ncccc1C(=O)Nc1ccc(C)c(S(=O)(=O)N2CCCCC2)c1. The molecule has 144 valence electrons. The van der Waals surface area contributed by atoms with Gasteiger partial charge in [0.15, 0.2) is 0 Å². The van der Waals surface area contributed by atoms with Crippen LogP contribution in [0.25, 0.3) is 0 Å². The van der Waals surface area contributed by atoms with E-state index in [1.165, 1.54) is 23.7 Å². The van der Waals surface area contributed by atoms with E-state index in [1.54, 1.807) is 31.2 Å². The third-order valence-electron chi connectivity index (χ3n) is 4.59. The number of carbonyl (C=O) groups is 1. The zero-order valence-corrected chi connectivity index (χ0v) is 16.3. The van der Waals surface area contributed by atoms with Gasteiger partial charge in [0.1, 0.15) is 5.56 Å². The average molecular weight is 389 g/mol. The van der Waals surface area contributed by atoms with Crippen LogP contribution in [-0.2, 0) is 10.0 Å². The maximum absolute atomic E-state index is 13.0. The molecule has 2 heterocycles. The fourth-order valence-corrected chi connectivity index (χ4v) is 4.89. The number of amides is 1. The van der Waals surface area contributed by atoms with Crippen LogP contribution in [-0.4, -0.2) is 43.8 Å². The Bertz CT molecular complexity index is 938. The number of ether oxygens (including phenoxy) is 1. The summed E-state index contributed by atoms with van der Waals surface area (Å²) >= 11 is 0. The van der Waals surface area contributed by atoms with Gasteiger partial charge in [-0.3, -0.25) is 4.79 Å². The van der Waals surface area contributed by atoms with Crippen molar-refractivity contribution in [2.24, 2.45) is 0 Å². The number of methoxy groups -OCH3 is 1. The Kier molecular flexibility index (Phi) is 5.76. The highest BCUT2D eigenvalue weighted by atomic mass is 32.2. The second-order valence-corrected chi connectivity index (χ2v) is 8.37. The lowest BCUT2D eigenvalue weighted by molar-refractivity contribution is 0.102. The second kappa shape index (κ2) is 8.06. The van der Waals surface area contributed by atoms with E-state index in [4.69, 9.17) is 4.74 Å². The minimum atomic E-state index is -3.58. The molecule has 0 unspecified atom stereocenters. The van der Waals surface area contributed by atoms with Crippen LogP contribution in [0.3, 0.4) is 0 Å². The minimum Gasteiger partial charge on any atom is -0.480 e. The number of benzene rings is 1. The van der Waals surface area contributed by atoms with Crippen molar-refractivity contribution in [3.8, 4) is 5.88 Å². The number of nitrogens with zero attached hydrogens (tertiary/aromatic N) is 2. The summed E-state index contributed by atoms with van der Waals surface area (Å²) in [5, 5.41) is 2.73. The number of hydrogen-bond acceptors (Lipinski definition) is 5. The topological polar surface area (TPSA) is 88.6 Å². The minimum absolute atomic E-state index is 0.211. The highest BCUT2D eigenvalue weighted by molar-refractivity contribution is 7.89. The van der Waals surface area contributed by atoms with Crippen LogP contribution < -0.4 is 10.1 Å². The molecule has 1 fully saturated rings. The number of sulfonamides is 1. The third kappa shape index (κ3) is 4.12. The summed E-state index contributed by atoms with van der Waals surface area (Å²) in [6.45, 7) is 2.82. The van der Waals surface area contributed by atoms with Gasteiger partial charge in [-0.1, -0.05) is 12.5 Å². The summed E-state index contributed by atoms with van der Waals surface area (Å²) in [6.07, 6.45) is 4.32. The lowest BCUT2D eigenvalue weighted by Gasteiger charge is -2.26. The quantitative estimate of drug-likeness (QED) is 0.849. The Hall–Kier alpha value is -2.45. The van der Waals surface area contributed by atoms with E-state index >= 15 is 0 Å². The Balaban J connectivity index is 1.88. The van der Waals surface area contributed by atoms with Crippen LogP contribution in [0.4, 0.5) is 5.69 Å². The first-order valence-electron chi connectivity index (χ1n) is 8.84. The summed E-state index contributed by atoms with van der Waals surface area (Å²) in [4.78, 5) is 16.8. The third-order valence-corrected chi connectivity index (χ3v) is 6.63. The predicted molar refractivity (Wildman–Crippen MR) is 103 cm³/mol. The summed E-state index contributed by atoms with van der Waals surface area (Å²) < 4.78 is 32.6. The number of anilines is 1. The van der Waals surface area contributed by atoms with Crippen LogP contribution in [0.2, 0.25) is 0 Å². The molecule has 2 aromatic rings. The highest BCUT2D eigenvalue weighted by Crippen LogP contribution is 2.26. The normalized spacial score (nSPS) is 15.3. The Morgan fingerprint density at radius 3 is 2.63 bits per heavy atom. The summed E-state index contributed by atoms with van der Waals surface area (Å²) in [5.41, 5.74) is 1.34. The van der Waals surface area contributed by atoms with E-state index in [2.05, 4.69) is 10.3 Å². The molecule has 3 rings (SSSR count). The fraction of sp³-hybridized carbons (Fsp3) is 0.368. The fourth-order valence-electron chi connectivity index (χ4n) is 3.12. The summed E-state index contributed by atoms with van der Waals surface area (Å²) in [6, 6.07) is 8.14. The second-order valence-electron chi connectivity index (χ2n) is 6.46. The Morgan fingerprint density at radius 2 is 1.93 bits per heavy atom. The smallest absolute Gasteiger partial charge is 0.261 e. The van der Waals surface area contributed by atoms with Crippen LogP contribution in [0.15, 0.2) is 41.4 Å². The first-order chi connectivity index (χ1) is 12.9. The molecular formula is C19H23N3O4S. The number of carbonyl (C=O) groups excluding carboxylic acids is 1. The van der Waals surface area contributed by atoms with Gasteiger partial charge in [0, 0.05) is 25.0 Å². The van der Waals surface area contributed by atoms with Gasteiger partial charge >= 0.3 is 0 Å². The number of nitrogens with one attached hydrogen (secondary N) is 1. The molecule has 1 N–H and O–H groups in total. The van der Waals surface area contributed by atoms with E-state index in [-0.39, 0.29) is 16.3 Å². The molecule has 1 aliphatic heterocycles. The van der Waals surface area contributed by atoms with E-state index < -0.39 is 15.9 Å². The summed E-state index contributed by atoms with van der Waals surface area (Å²) in [7, 11) is -2.14. The number of aromatic nitrogens is 1. The zero-order valence-electron chi connectivity index (χ0n) is 15.4. The van der Waals surface area contributed by atoms with E-state index in [0.29, 0.717) is 24.3 Å². The number of pyridine rings is 1. The number of piperidine rings is 1. The molecule has 0 atom stereocenters. The van der Waals surface area contributed by atoms with Crippen LogP contribution in [0.1, 0.15) is 35.2 Å². The number of aryl methyl sites for hydroxylation is 1. The standard InChI is InChI=1S/C19H23N3O4S/c1-14-8-9-15(21-18(23)16-7-6-10-20-19(16)26-2)13-17(14)27(24,25)22-11-4-3-5-12-22/h6-10,13H,3-5,11-12H2,1-2H3,(H,21,23). The van der Waals surface area contributed by atoms with Crippen molar-refractivity contribution < 1.29 is 17.9 Å². The van der Waals surface area contributed by atoms with Crippen molar-refractivity contribution in [1.82, 2.24) is 9.29 Å². The van der Waals surface area contributed by atoms with Gasteiger partial charge in [-0.25, -0.2) is 13.4 Å². The Morgan fingerprint density at radius 1 is 1.19 bits per heavy atom. The van der Waals surface area contributed by atoms with Gasteiger partial charge < -0.3 is 10.1 Å². The predicted octanol–water partition coefficient (Wildman–Crippen LogP) is 2.83. The molecule has 27 heavy (non-hydrogen) atoms. The Labute approximate surface area is 159 Å². The molecule has 7 nitrogen and oxygen atoms in total. The van der Waals surface area contributed by atoms with Crippen molar-refractivity contribution in [3.05, 3.63) is 47.7 Å². The van der Waals surface area contributed by atoms with Crippen molar-refractivity contribution in [2.45, 2.75) is 31.1 Å². The molecule has 0 spiro atoms. The largest absolute Gasteiger partial charge is 0.480 e. The lowest BCUT2D eigenvalue weighted by atomic mass is 10.2. The molecule has 1 amide bonds. The molecule has 0 bridgehead atoms. The molecule has 0 aliphatic carbocycles. The first-order valence-corrected chi connectivity index (χ1v) is 10.3. The number of hydrogen-bond donors (Lipinski definition) is 1. The first kappa shape index (κ1) is 19.3. The molecule has 1 aromatic carbocycles. The number of rotatable bonds is 5. The van der Waals surface area contributed by atoms with Crippen molar-refractivity contribution >= 4 is 21.6 Å². The van der Waals surface area contributed by atoms with E-state index in [1.807, 2.05) is 0 Å². The maximum atomic E-state index is 13.0. The van der Waals surface area contributed by atoms with Gasteiger partial charge in [-0.05, 0) is 49.6 Å². The van der Waals surface area contributed by atoms with Crippen molar-refractivity contribution in [1.29, 1.82) is 0 Å². The monoisotopic (exact) mass is 389 g/mol. The van der Waals surface area contributed by atoms with Crippen LogP contribution >= 0.6 is 0 Å². The molecule has 1 aliphatic rings. The van der Waals surface area contributed by atoms with Gasteiger partial charge in [0.25, 0.3) is 5.91 Å². The average Bonchev–Trinajstić information content (AvgIpc) is 2.69. The van der Waals surface area contributed by atoms with Gasteiger partial charge in [0.2, 0.25) is 15.9 Å². The molecular weight excluding hydrogens is 366 g/mol. The lowest BCUT2D eigenvalue weighted by Crippen LogP contribution is -2.36. The van der Waals surface area contributed by atoms with Crippen molar-refractivity contribution in [2.75, 3.05) is 25.5 Å². The molecule has 8 heteroatoms. The molecule has 0 radical (unpaired) electrons. The van der Waals surface area contributed by atoms with Crippen molar-refractivity contribution in [3.63, 3.8) is 0 Å². The molecule has 0 saturated carbocycles.